The fraction of sp³-hybridized carbons (Fsp3) is 0.308. The number of anilines is 1. The van der Waals surface area contributed by atoms with E-state index in [9.17, 15) is 14.7 Å². The van der Waals surface area contributed by atoms with Gasteiger partial charge in [-0.15, -0.1) is 0 Å². The molecule has 1 saturated heterocycles. The topological polar surface area (TPSA) is 72.9 Å². The fourth-order valence-corrected chi connectivity index (χ4v) is 4.73. The Labute approximate surface area is 188 Å². The molecule has 6 nitrogen and oxygen atoms in total. The number of aliphatic hydroxyl groups is 1. The maximum absolute atomic E-state index is 13.2. The molecule has 0 spiro atoms. The maximum atomic E-state index is 13.2. The number of nitrogens with zero attached hydrogens (tertiary/aromatic N) is 2. The second-order valence-electron chi connectivity index (χ2n) is 8.41. The first-order valence-electron chi connectivity index (χ1n) is 10.9. The van der Waals surface area contributed by atoms with Crippen LogP contribution in [0.3, 0.4) is 0 Å². The molecule has 0 radical (unpaired) electrons. The lowest BCUT2D eigenvalue weighted by Gasteiger charge is -2.46. The van der Waals surface area contributed by atoms with Gasteiger partial charge in [0.2, 0.25) is 5.91 Å². The van der Waals surface area contributed by atoms with Crippen LogP contribution in [-0.2, 0) is 4.79 Å². The van der Waals surface area contributed by atoms with Crippen molar-refractivity contribution in [3.8, 4) is 0 Å². The van der Waals surface area contributed by atoms with E-state index in [1.807, 2.05) is 77.7 Å². The van der Waals surface area contributed by atoms with E-state index < -0.39 is 0 Å². The molecule has 1 fully saturated rings. The Bertz CT molecular complexity index is 1100. The number of amides is 3. The Hall–Kier alpha value is -3.38. The van der Waals surface area contributed by atoms with Gasteiger partial charge in [-0.05, 0) is 23.4 Å². The van der Waals surface area contributed by atoms with E-state index >= 15 is 0 Å². The first-order chi connectivity index (χ1) is 15.5. The summed E-state index contributed by atoms with van der Waals surface area (Å²) >= 11 is 0. The summed E-state index contributed by atoms with van der Waals surface area (Å²) in [4.78, 5) is 29.1. The summed E-state index contributed by atoms with van der Waals surface area (Å²) in [6.07, 6.45) is 0.564. The summed E-state index contributed by atoms with van der Waals surface area (Å²) in [5.41, 5.74) is 1.79. The molecule has 0 unspecified atom stereocenters. The number of carbonyl (C=O) groups is 2. The summed E-state index contributed by atoms with van der Waals surface area (Å²) in [6.45, 7) is 1.87. The Morgan fingerprint density at radius 1 is 1.03 bits per heavy atom. The number of urea groups is 1. The van der Waals surface area contributed by atoms with E-state index in [-0.39, 0.29) is 36.5 Å². The van der Waals surface area contributed by atoms with Gasteiger partial charge in [-0.25, -0.2) is 4.79 Å². The Balaban J connectivity index is 1.58. The lowest BCUT2D eigenvalue weighted by Crippen LogP contribution is -2.55. The summed E-state index contributed by atoms with van der Waals surface area (Å²) in [6, 6.07) is 23.0. The van der Waals surface area contributed by atoms with Gasteiger partial charge in [-0.1, -0.05) is 66.7 Å². The van der Waals surface area contributed by atoms with E-state index in [0.29, 0.717) is 13.0 Å². The highest BCUT2D eigenvalue weighted by molar-refractivity contribution is 6.01. The second-order valence-corrected chi connectivity index (χ2v) is 8.41. The zero-order valence-electron chi connectivity index (χ0n) is 18.4. The number of rotatable bonds is 4. The molecule has 3 aromatic carbocycles. The zero-order valence-corrected chi connectivity index (χ0v) is 18.4. The van der Waals surface area contributed by atoms with Crippen LogP contribution in [-0.4, -0.2) is 53.1 Å². The van der Waals surface area contributed by atoms with E-state index in [1.165, 1.54) is 0 Å². The number of likely N-dealkylation sites (tertiary alicyclic amines) is 1. The number of benzene rings is 3. The number of aliphatic hydroxyl groups excluding tert-OH is 1. The minimum Gasteiger partial charge on any atom is -0.396 e. The lowest BCUT2D eigenvalue weighted by atomic mass is 9.84. The van der Waals surface area contributed by atoms with E-state index in [2.05, 4.69) is 5.32 Å². The number of fused-ring (bicyclic) bond motifs is 1. The smallest absolute Gasteiger partial charge is 0.321 e. The summed E-state index contributed by atoms with van der Waals surface area (Å²) in [7, 11) is 1.76. The van der Waals surface area contributed by atoms with Crippen molar-refractivity contribution >= 4 is 28.4 Å². The van der Waals surface area contributed by atoms with Gasteiger partial charge >= 0.3 is 6.03 Å². The molecule has 0 saturated carbocycles. The highest BCUT2D eigenvalue weighted by Crippen LogP contribution is 2.36. The largest absolute Gasteiger partial charge is 0.396 e. The monoisotopic (exact) mass is 431 g/mol. The Morgan fingerprint density at radius 2 is 1.72 bits per heavy atom. The van der Waals surface area contributed by atoms with Crippen molar-refractivity contribution in [2.45, 2.75) is 25.4 Å². The molecule has 3 aromatic rings. The molecule has 1 aliphatic rings. The standard InChI is InChI=1S/C26H29N3O3/c1-18(31)29-16-21(17-30)24(15-25(29)20-10-4-3-5-11-20)28(2)26(32)27-23-14-8-12-19-9-6-7-13-22(19)23/h3-14,21,24-25,30H,15-17H2,1-2H3,(H,27,32)/t21-,24-,25-/m0/s1. The van der Waals surface area contributed by atoms with E-state index in [0.717, 1.165) is 22.0 Å². The second kappa shape index (κ2) is 9.40. The molecule has 1 heterocycles. The third-order valence-corrected chi connectivity index (χ3v) is 6.49. The van der Waals surface area contributed by atoms with Crippen molar-refractivity contribution in [3.63, 3.8) is 0 Å². The van der Waals surface area contributed by atoms with Gasteiger partial charge in [0.25, 0.3) is 0 Å². The molecule has 1 aliphatic heterocycles. The third kappa shape index (κ3) is 4.32. The Kier molecular flexibility index (Phi) is 6.42. The fourth-order valence-electron chi connectivity index (χ4n) is 4.73. The third-order valence-electron chi connectivity index (χ3n) is 6.49. The molecule has 3 amide bonds. The van der Waals surface area contributed by atoms with Crippen molar-refractivity contribution in [2.75, 3.05) is 25.5 Å². The van der Waals surface area contributed by atoms with Crippen molar-refractivity contribution < 1.29 is 14.7 Å². The van der Waals surface area contributed by atoms with Gasteiger partial charge in [0.1, 0.15) is 0 Å². The van der Waals surface area contributed by atoms with Crippen molar-refractivity contribution in [1.29, 1.82) is 0 Å². The van der Waals surface area contributed by atoms with Gasteiger partial charge in [0.05, 0.1) is 11.7 Å². The zero-order chi connectivity index (χ0) is 22.7. The van der Waals surface area contributed by atoms with Crippen LogP contribution in [0.5, 0.6) is 0 Å². The summed E-state index contributed by atoms with van der Waals surface area (Å²) in [5.74, 6) is -0.249. The first-order valence-corrected chi connectivity index (χ1v) is 10.9. The Morgan fingerprint density at radius 3 is 2.44 bits per heavy atom. The van der Waals surface area contributed by atoms with Crippen molar-refractivity contribution in [1.82, 2.24) is 9.80 Å². The van der Waals surface area contributed by atoms with Gasteiger partial charge in [-0.2, -0.15) is 0 Å². The number of piperidine rings is 1. The summed E-state index contributed by atoms with van der Waals surface area (Å²) < 4.78 is 0. The number of nitrogens with one attached hydrogen (secondary N) is 1. The SMILES string of the molecule is CC(=O)N1C[C@@H](CO)[C@@H](N(C)C(=O)Nc2cccc3ccccc23)C[C@H]1c1ccccc1. The molecule has 3 atom stereocenters. The van der Waals surface area contributed by atoms with E-state index in [4.69, 9.17) is 0 Å². The molecular formula is C26H29N3O3. The van der Waals surface area contributed by atoms with Crippen LogP contribution >= 0.6 is 0 Å². The molecule has 2 N–H and O–H groups in total. The van der Waals surface area contributed by atoms with Gasteiger partial charge in [0.15, 0.2) is 0 Å². The van der Waals surface area contributed by atoms with Crippen molar-refractivity contribution in [3.05, 3.63) is 78.4 Å². The maximum Gasteiger partial charge on any atom is 0.321 e. The van der Waals surface area contributed by atoms with Crippen LogP contribution in [0, 0.1) is 5.92 Å². The molecule has 0 aromatic heterocycles. The average Bonchev–Trinajstić information content (AvgIpc) is 2.83. The number of carbonyl (C=O) groups excluding carboxylic acids is 2. The van der Waals surface area contributed by atoms with Gasteiger partial charge in [0, 0.05) is 44.5 Å². The van der Waals surface area contributed by atoms with Gasteiger partial charge < -0.3 is 20.2 Å². The summed E-state index contributed by atoms with van der Waals surface area (Å²) in [5, 5.41) is 15.2. The van der Waals surface area contributed by atoms with Crippen molar-refractivity contribution in [2.24, 2.45) is 5.92 Å². The predicted molar refractivity (Wildman–Crippen MR) is 126 cm³/mol. The minimum atomic E-state index is -0.229. The number of hydrogen-bond donors (Lipinski definition) is 2. The van der Waals surface area contributed by atoms with Crippen LogP contribution in [0.2, 0.25) is 0 Å². The first kappa shape index (κ1) is 21.8. The molecule has 32 heavy (non-hydrogen) atoms. The van der Waals surface area contributed by atoms with Crippen LogP contribution in [0.1, 0.15) is 24.9 Å². The predicted octanol–water partition coefficient (Wildman–Crippen LogP) is 4.27. The normalized spacial score (nSPS) is 20.7. The highest BCUT2D eigenvalue weighted by Gasteiger charge is 2.40. The quantitative estimate of drug-likeness (QED) is 0.648. The molecule has 0 aliphatic carbocycles. The van der Waals surface area contributed by atoms with E-state index in [1.54, 1.807) is 18.9 Å². The molecule has 4 rings (SSSR count). The minimum absolute atomic E-state index is 0.0291. The molecule has 166 valence electrons. The molecule has 0 bridgehead atoms. The van der Waals surface area contributed by atoms with Crippen LogP contribution < -0.4 is 5.32 Å². The number of hydrogen-bond acceptors (Lipinski definition) is 3. The van der Waals surface area contributed by atoms with Crippen LogP contribution in [0.4, 0.5) is 10.5 Å². The molecule has 6 heteroatoms. The highest BCUT2D eigenvalue weighted by atomic mass is 16.3. The average molecular weight is 432 g/mol. The van der Waals surface area contributed by atoms with Crippen LogP contribution in [0.25, 0.3) is 10.8 Å². The lowest BCUT2D eigenvalue weighted by molar-refractivity contribution is -0.135. The van der Waals surface area contributed by atoms with Crippen LogP contribution in [0.15, 0.2) is 72.8 Å². The molecular weight excluding hydrogens is 402 g/mol. The van der Waals surface area contributed by atoms with Gasteiger partial charge in [-0.3, -0.25) is 4.79 Å².